The van der Waals surface area contributed by atoms with Crippen LogP contribution in [0.1, 0.15) is 41.3 Å². The molecule has 0 aliphatic heterocycles. The van der Waals surface area contributed by atoms with Gasteiger partial charge in [-0.05, 0) is 49.1 Å². The predicted molar refractivity (Wildman–Crippen MR) is 97.2 cm³/mol. The normalized spacial score (nSPS) is 10.2. The number of hydrogen-bond donors (Lipinski definition) is 2. The number of unbranched alkanes of at least 4 members (excludes halogenated alkanes) is 1. The molecule has 2 amide bonds. The molecule has 126 valence electrons. The number of carbonyl (C=O) groups excluding carboxylic acids is 2. The number of nitrogens with one attached hydrogen (secondary N) is 2. The van der Waals surface area contributed by atoms with Crippen LogP contribution in [0, 0.1) is 6.92 Å². The number of amides is 2. The summed E-state index contributed by atoms with van der Waals surface area (Å²) in [5, 5.41) is 5.44. The standard InChI is InChI=1S/C20H24N2O2/c1-3-4-8-16-10-12-17(13-11-16)22-19(23)14-21-20(24)18-9-6-5-7-15(18)2/h5-7,9-13H,3-4,8,14H2,1-2H3,(H,21,24)(H,22,23). The molecule has 24 heavy (non-hydrogen) atoms. The third kappa shape index (κ3) is 5.23. The summed E-state index contributed by atoms with van der Waals surface area (Å²) < 4.78 is 0. The number of rotatable bonds is 7. The maximum Gasteiger partial charge on any atom is 0.251 e. The Bertz CT molecular complexity index is 693. The van der Waals surface area contributed by atoms with E-state index in [2.05, 4.69) is 17.6 Å². The number of carbonyl (C=O) groups is 2. The SMILES string of the molecule is CCCCc1ccc(NC(=O)CNC(=O)c2ccccc2C)cc1. The monoisotopic (exact) mass is 324 g/mol. The highest BCUT2D eigenvalue weighted by Crippen LogP contribution is 2.11. The van der Waals surface area contributed by atoms with Crippen molar-refractivity contribution in [1.29, 1.82) is 0 Å². The maximum atomic E-state index is 12.1. The lowest BCUT2D eigenvalue weighted by atomic mass is 10.1. The molecule has 2 N–H and O–H groups in total. The first-order chi connectivity index (χ1) is 11.6. The van der Waals surface area contributed by atoms with Crippen molar-refractivity contribution in [3.63, 3.8) is 0 Å². The van der Waals surface area contributed by atoms with Crippen LogP contribution in [0.5, 0.6) is 0 Å². The van der Waals surface area contributed by atoms with Crippen molar-refractivity contribution >= 4 is 17.5 Å². The van der Waals surface area contributed by atoms with Crippen LogP contribution in [0.2, 0.25) is 0 Å². The first-order valence-electron chi connectivity index (χ1n) is 8.32. The van der Waals surface area contributed by atoms with Gasteiger partial charge in [0.2, 0.25) is 5.91 Å². The predicted octanol–water partition coefficient (Wildman–Crippen LogP) is 3.71. The number of hydrogen-bond acceptors (Lipinski definition) is 2. The van der Waals surface area contributed by atoms with Crippen molar-refractivity contribution in [2.24, 2.45) is 0 Å². The van der Waals surface area contributed by atoms with Gasteiger partial charge in [-0.2, -0.15) is 0 Å². The topological polar surface area (TPSA) is 58.2 Å². The van der Waals surface area contributed by atoms with Gasteiger partial charge in [0.15, 0.2) is 0 Å². The molecule has 0 saturated carbocycles. The zero-order valence-electron chi connectivity index (χ0n) is 14.3. The van der Waals surface area contributed by atoms with Gasteiger partial charge in [-0.15, -0.1) is 0 Å². The molecule has 0 radical (unpaired) electrons. The van der Waals surface area contributed by atoms with E-state index in [9.17, 15) is 9.59 Å². The van der Waals surface area contributed by atoms with Crippen molar-refractivity contribution in [3.05, 3.63) is 65.2 Å². The van der Waals surface area contributed by atoms with Gasteiger partial charge in [0.1, 0.15) is 0 Å². The molecule has 0 aliphatic carbocycles. The smallest absolute Gasteiger partial charge is 0.251 e. The first kappa shape index (κ1) is 17.7. The second-order valence-electron chi connectivity index (χ2n) is 5.85. The van der Waals surface area contributed by atoms with Gasteiger partial charge in [0.05, 0.1) is 6.54 Å². The zero-order chi connectivity index (χ0) is 17.4. The van der Waals surface area contributed by atoms with Crippen LogP contribution >= 0.6 is 0 Å². The average Bonchev–Trinajstić information content (AvgIpc) is 2.59. The fourth-order valence-electron chi connectivity index (χ4n) is 2.42. The summed E-state index contributed by atoms with van der Waals surface area (Å²) in [6.07, 6.45) is 3.38. The van der Waals surface area contributed by atoms with Crippen molar-refractivity contribution in [2.45, 2.75) is 33.1 Å². The largest absolute Gasteiger partial charge is 0.343 e. The number of aryl methyl sites for hydroxylation is 2. The van der Waals surface area contributed by atoms with E-state index in [-0.39, 0.29) is 18.4 Å². The molecule has 0 bridgehead atoms. The molecule has 0 fully saturated rings. The van der Waals surface area contributed by atoms with Gasteiger partial charge in [-0.3, -0.25) is 9.59 Å². The Kier molecular flexibility index (Phi) is 6.55. The molecule has 0 atom stereocenters. The molecule has 4 heteroatoms. The second kappa shape index (κ2) is 8.87. The van der Waals surface area contributed by atoms with Crippen molar-refractivity contribution in [3.8, 4) is 0 Å². The maximum absolute atomic E-state index is 12.1. The van der Waals surface area contributed by atoms with Crippen LogP contribution in [-0.4, -0.2) is 18.4 Å². The van der Waals surface area contributed by atoms with E-state index >= 15 is 0 Å². The van der Waals surface area contributed by atoms with Gasteiger partial charge < -0.3 is 10.6 Å². The average molecular weight is 324 g/mol. The summed E-state index contributed by atoms with van der Waals surface area (Å²) in [5.41, 5.74) is 3.48. The summed E-state index contributed by atoms with van der Waals surface area (Å²) in [6.45, 7) is 3.99. The van der Waals surface area contributed by atoms with Crippen LogP contribution in [0.25, 0.3) is 0 Å². The molecule has 0 aromatic heterocycles. The third-order valence-electron chi connectivity index (χ3n) is 3.86. The van der Waals surface area contributed by atoms with Crippen molar-refractivity contribution < 1.29 is 9.59 Å². The zero-order valence-corrected chi connectivity index (χ0v) is 14.3. The molecule has 0 saturated heterocycles. The van der Waals surface area contributed by atoms with Crippen LogP contribution in [0.3, 0.4) is 0 Å². The molecule has 2 aromatic rings. The minimum Gasteiger partial charge on any atom is -0.343 e. The van der Waals surface area contributed by atoms with E-state index in [1.165, 1.54) is 12.0 Å². The Balaban J connectivity index is 1.83. The van der Waals surface area contributed by atoms with Crippen LogP contribution < -0.4 is 10.6 Å². The van der Waals surface area contributed by atoms with Crippen LogP contribution in [0.4, 0.5) is 5.69 Å². The minimum atomic E-state index is -0.238. The molecule has 0 unspecified atom stereocenters. The van der Waals surface area contributed by atoms with Gasteiger partial charge in [0.25, 0.3) is 5.91 Å². The van der Waals surface area contributed by atoms with Crippen molar-refractivity contribution in [2.75, 3.05) is 11.9 Å². The van der Waals surface area contributed by atoms with E-state index in [0.717, 1.165) is 24.1 Å². The van der Waals surface area contributed by atoms with E-state index in [1.807, 2.05) is 49.4 Å². The molecule has 0 heterocycles. The Morgan fingerprint density at radius 1 is 1.00 bits per heavy atom. The fraction of sp³-hybridized carbons (Fsp3) is 0.300. The lowest BCUT2D eigenvalue weighted by Gasteiger charge is -2.09. The first-order valence-corrected chi connectivity index (χ1v) is 8.32. The Hall–Kier alpha value is -2.62. The summed E-state index contributed by atoms with van der Waals surface area (Å²) in [6, 6.07) is 15.1. The number of benzene rings is 2. The third-order valence-corrected chi connectivity index (χ3v) is 3.86. The van der Waals surface area contributed by atoms with Gasteiger partial charge in [-0.25, -0.2) is 0 Å². The Morgan fingerprint density at radius 3 is 2.38 bits per heavy atom. The van der Waals surface area contributed by atoms with Crippen molar-refractivity contribution in [1.82, 2.24) is 5.32 Å². The summed E-state index contributed by atoms with van der Waals surface area (Å²) in [5.74, 6) is -0.476. The molecule has 0 spiro atoms. The molecular formula is C20H24N2O2. The molecular weight excluding hydrogens is 300 g/mol. The Morgan fingerprint density at radius 2 is 1.71 bits per heavy atom. The lowest BCUT2D eigenvalue weighted by molar-refractivity contribution is -0.115. The van der Waals surface area contributed by atoms with Gasteiger partial charge in [0, 0.05) is 11.3 Å². The van der Waals surface area contributed by atoms with Gasteiger partial charge in [-0.1, -0.05) is 43.7 Å². The number of anilines is 1. The van der Waals surface area contributed by atoms with E-state index in [4.69, 9.17) is 0 Å². The highest BCUT2D eigenvalue weighted by Gasteiger charge is 2.10. The quantitative estimate of drug-likeness (QED) is 0.816. The summed E-state index contributed by atoms with van der Waals surface area (Å²) >= 11 is 0. The molecule has 0 aliphatic rings. The summed E-state index contributed by atoms with van der Waals surface area (Å²) in [4.78, 5) is 24.0. The lowest BCUT2D eigenvalue weighted by Crippen LogP contribution is -2.33. The molecule has 2 aromatic carbocycles. The van der Waals surface area contributed by atoms with Crippen LogP contribution in [0.15, 0.2) is 48.5 Å². The highest BCUT2D eigenvalue weighted by molar-refractivity contribution is 6.00. The summed E-state index contributed by atoms with van der Waals surface area (Å²) in [7, 11) is 0. The van der Waals surface area contributed by atoms with Gasteiger partial charge >= 0.3 is 0 Å². The van der Waals surface area contributed by atoms with E-state index in [0.29, 0.717) is 5.56 Å². The minimum absolute atomic E-state index is 0.0508. The molecule has 2 rings (SSSR count). The molecule has 4 nitrogen and oxygen atoms in total. The van der Waals surface area contributed by atoms with E-state index < -0.39 is 0 Å². The highest BCUT2D eigenvalue weighted by atomic mass is 16.2. The second-order valence-corrected chi connectivity index (χ2v) is 5.85. The fourth-order valence-corrected chi connectivity index (χ4v) is 2.42. The van der Waals surface area contributed by atoms with Crippen LogP contribution in [-0.2, 0) is 11.2 Å². The van der Waals surface area contributed by atoms with E-state index in [1.54, 1.807) is 6.07 Å². The Labute approximate surface area is 143 Å².